The normalized spacial score (nSPS) is 11.7. The van der Waals surface area contributed by atoms with E-state index in [0.29, 0.717) is 0 Å². The number of imidazole rings is 1. The van der Waals surface area contributed by atoms with Gasteiger partial charge in [-0.25, -0.2) is 4.98 Å². The summed E-state index contributed by atoms with van der Waals surface area (Å²) in [6, 6.07) is 13.8. The van der Waals surface area contributed by atoms with Crippen molar-refractivity contribution < 1.29 is 9.59 Å². The molecule has 0 radical (unpaired) electrons. The molecule has 1 atom stereocenters. The van der Waals surface area contributed by atoms with Gasteiger partial charge in [0.05, 0.1) is 12.5 Å². The van der Waals surface area contributed by atoms with Crippen LogP contribution in [0.5, 0.6) is 0 Å². The number of aromatic nitrogens is 2. The average molecular weight is 390 g/mol. The number of carbonyl (C=O) groups excluding carboxylic acids is 2. The molecule has 0 aliphatic rings. The van der Waals surface area contributed by atoms with Gasteiger partial charge in [-0.3, -0.25) is 9.59 Å². The predicted molar refractivity (Wildman–Crippen MR) is 114 cm³/mol. The largest absolute Gasteiger partial charge is 0.348 e. The Morgan fingerprint density at radius 2 is 1.72 bits per heavy atom. The second-order valence-corrected chi connectivity index (χ2v) is 7.24. The molecule has 0 bridgehead atoms. The number of nitrogens with zero attached hydrogens (tertiary/aromatic N) is 1. The fraction of sp³-hybridized carbons (Fsp3) is 0.261. The molecule has 0 saturated carbocycles. The summed E-state index contributed by atoms with van der Waals surface area (Å²) in [5.74, 6) is 0.0722. The van der Waals surface area contributed by atoms with E-state index in [4.69, 9.17) is 0 Å². The van der Waals surface area contributed by atoms with E-state index in [9.17, 15) is 9.59 Å². The topological polar surface area (TPSA) is 86.9 Å². The predicted octanol–water partition coefficient (Wildman–Crippen LogP) is 3.61. The highest BCUT2D eigenvalue weighted by Crippen LogP contribution is 2.25. The summed E-state index contributed by atoms with van der Waals surface area (Å²) < 4.78 is 0. The molecule has 2 aromatic carbocycles. The van der Waals surface area contributed by atoms with Gasteiger partial charge in [-0.1, -0.05) is 48.0 Å². The fourth-order valence-electron chi connectivity index (χ4n) is 3.52. The van der Waals surface area contributed by atoms with Crippen LogP contribution >= 0.6 is 0 Å². The Hall–Kier alpha value is -3.41. The highest BCUT2D eigenvalue weighted by molar-refractivity contribution is 5.95. The van der Waals surface area contributed by atoms with Gasteiger partial charge in [0.15, 0.2) is 0 Å². The Morgan fingerprint density at radius 3 is 2.34 bits per heavy atom. The van der Waals surface area contributed by atoms with Crippen LogP contribution in [0.15, 0.2) is 54.9 Å². The molecule has 1 heterocycles. The molecule has 0 aliphatic heterocycles. The number of hydrogen-bond acceptors (Lipinski definition) is 3. The maximum Gasteiger partial charge on any atom is 0.243 e. The first-order valence-electron chi connectivity index (χ1n) is 9.62. The van der Waals surface area contributed by atoms with Gasteiger partial charge in [0.2, 0.25) is 11.8 Å². The standard InChI is InChI=1S/C23H26N4O2/c1-15-11-16(2)22(17(3)12-15)27-21(29)14-26-20(28)13-19(23-24-9-10-25-23)18-7-5-4-6-8-18/h4-12,19H,13-14H2,1-3H3,(H,24,25)(H,26,28)(H,27,29)/t19-/m1/s1. The zero-order valence-corrected chi connectivity index (χ0v) is 17.0. The smallest absolute Gasteiger partial charge is 0.243 e. The van der Waals surface area contributed by atoms with Crippen LogP contribution in [0.1, 0.15) is 40.4 Å². The molecular formula is C23H26N4O2. The van der Waals surface area contributed by atoms with Gasteiger partial charge in [-0.2, -0.15) is 0 Å². The molecule has 6 heteroatoms. The summed E-state index contributed by atoms with van der Waals surface area (Å²) in [5.41, 5.74) is 4.95. The van der Waals surface area contributed by atoms with Gasteiger partial charge in [0, 0.05) is 24.5 Å². The number of H-pyrrole nitrogens is 1. The van der Waals surface area contributed by atoms with E-state index >= 15 is 0 Å². The summed E-state index contributed by atoms with van der Waals surface area (Å²) in [5, 5.41) is 5.62. The minimum absolute atomic E-state index is 0.0781. The quantitative estimate of drug-likeness (QED) is 0.576. The molecule has 0 aliphatic carbocycles. The molecular weight excluding hydrogens is 364 g/mol. The van der Waals surface area contributed by atoms with Crippen LogP contribution in [0.25, 0.3) is 0 Å². The molecule has 150 valence electrons. The van der Waals surface area contributed by atoms with Crippen LogP contribution in [0.4, 0.5) is 5.69 Å². The van der Waals surface area contributed by atoms with Gasteiger partial charge < -0.3 is 15.6 Å². The van der Waals surface area contributed by atoms with E-state index in [1.54, 1.807) is 12.4 Å². The molecule has 2 amide bonds. The molecule has 3 rings (SSSR count). The molecule has 0 unspecified atom stereocenters. The van der Waals surface area contributed by atoms with Crippen molar-refractivity contribution in [2.24, 2.45) is 0 Å². The maximum absolute atomic E-state index is 12.5. The number of hydrogen-bond donors (Lipinski definition) is 3. The summed E-state index contributed by atoms with van der Waals surface area (Å²) in [7, 11) is 0. The molecule has 3 aromatic rings. The minimum atomic E-state index is -0.248. The van der Waals surface area contributed by atoms with Gasteiger partial charge >= 0.3 is 0 Å². The second-order valence-electron chi connectivity index (χ2n) is 7.24. The van der Waals surface area contributed by atoms with Crippen molar-refractivity contribution in [3.8, 4) is 0 Å². The number of carbonyl (C=O) groups is 2. The van der Waals surface area contributed by atoms with Crippen LogP contribution in [0.3, 0.4) is 0 Å². The lowest BCUT2D eigenvalue weighted by Crippen LogP contribution is -2.34. The lowest BCUT2D eigenvalue weighted by Gasteiger charge is -2.16. The highest BCUT2D eigenvalue weighted by atomic mass is 16.2. The van der Waals surface area contributed by atoms with Crippen molar-refractivity contribution in [1.29, 1.82) is 0 Å². The van der Waals surface area contributed by atoms with Crippen molar-refractivity contribution in [3.63, 3.8) is 0 Å². The van der Waals surface area contributed by atoms with Crippen molar-refractivity contribution >= 4 is 17.5 Å². The van der Waals surface area contributed by atoms with E-state index in [1.807, 2.05) is 63.2 Å². The summed E-state index contributed by atoms with van der Waals surface area (Å²) in [6.07, 6.45) is 3.61. The Labute approximate surface area is 170 Å². The zero-order chi connectivity index (χ0) is 20.8. The third kappa shape index (κ3) is 5.31. The SMILES string of the molecule is Cc1cc(C)c(NC(=O)CNC(=O)C[C@H](c2ccccc2)c2ncc[nH]2)c(C)c1. The molecule has 29 heavy (non-hydrogen) atoms. The zero-order valence-electron chi connectivity index (χ0n) is 17.0. The van der Waals surface area contributed by atoms with E-state index in [2.05, 4.69) is 20.6 Å². The van der Waals surface area contributed by atoms with Crippen LogP contribution in [0.2, 0.25) is 0 Å². The van der Waals surface area contributed by atoms with Gasteiger partial charge in [0.1, 0.15) is 5.82 Å². The van der Waals surface area contributed by atoms with E-state index in [0.717, 1.165) is 33.8 Å². The van der Waals surface area contributed by atoms with Crippen molar-refractivity contribution in [1.82, 2.24) is 15.3 Å². The molecule has 6 nitrogen and oxygen atoms in total. The van der Waals surface area contributed by atoms with Crippen LogP contribution in [-0.2, 0) is 9.59 Å². The molecule has 0 spiro atoms. The van der Waals surface area contributed by atoms with Crippen LogP contribution < -0.4 is 10.6 Å². The Morgan fingerprint density at radius 1 is 1.03 bits per heavy atom. The van der Waals surface area contributed by atoms with Crippen LogP contribution in [-0.4, -0.2) is 28.3 Å². The fourth-order valence-corrected chi connectivity index (χ4v) is 3.52. The molecule has 3 N–H and O–H groups in total. The minimum Gasteiger partial charge on any atom is -0.348 e. The third-order valence-corrected chi connectivity index (χ3v) is 4.83. The summed E-state index contributed by atoms with van der Waals surface area (Å²) in [4.78, 5) is 32.3. The average Bonchev–Trinajstić information content (AvgIpc) is 3.22. The Bertz CT molecular complexity index is 958. The molecule has 0 fully saturated rings. The lowest BCUT2D eigenvalue weighted by molar-refractivity contribution is -0.124. The summed E-state index contributed by atoms with van der Waals surface area (Å²) >= 11 is 0. The lowest BCUT2D eigenvalue weighted by atomic mass is 9.94. The maximum atomic E-state index is 12.5. The Balaban J connectivity index is 1.60. The molecule has 0 saturated heterocycles. The first-order chi connectivity index (χ1) is 13.9. The van der Waals surface area contributed by atoms with Crippen LogP contribution in [0, 0.1) is 20.8 Å². The van der Waals surface area contributed by atoms with Crippen molar-refractivity contribution in [2.45, 2.75) is 33.1 Å². The monoisotopic (exact) mass is 390 g/mol. The number of aryl methyl sites for hydroxylation is 3. The number of rotatable bonds is 7. The first-order valence-corrected chi connectivity index (χ1v) is 9.62. The highest BCUT2D eigenvalue weighted by Gasteiger charge is 2.20. The number of benzene rings is 2. The van der Waals surface area contributed by atoms with Crippen molar-refractivity contribution in [3.05, 3.63) is 82.9 Å². The number of amides is 2. The van der Waals surface area contributed by atoms with E-state index < -0.39 is 0 Å². The van der Waals surface area contributed by atoms with E-state index in [1.165, 1.54) is 0 Å². The number of aromatic amines is 1. The van der Waals surface area contributed by atoms with Gasteiger partial charge in [0.25, 0.3) is 0 Å². The van der Waals surface area contributed by atoms with E-state index in [-0.39, 0.29) is 30.7 Å². The first kappa shape index (κ1) is 20.3. The second kappa shape index (κ2) is 9.19. The number of nitrogens with one attached hydrogen (secondary N) is 3. The van der Waals surface area contributed by atoms with Gasteiger partial charge in [-0.15, -0.1) is 0 Å². The third-order valence-electron chi connectivity index (χ3n) is 4.83. The molecule has 1 aromatic heterocycles. The number of anilines is 1. The van der Waals surface area contributed by atoms with Gasteiger partial charge in [-0.05, 0) is 37.5 Å². The summed E-state index contributed by atoms with van der Waals surface area (Å²) in [6.45, 7) is 5.86. The Kier molecular flexibility index (Phi) is 6.44. The van der Waals surface area contributed by atoms with Crippen molar-refractivity contribution in [2.75, 3.05) is 11.9 Å².